The van der Waals surface area contributed by atoms with E-state index in [4.69, 9.17) is 10.5 Å². The van der Waals surface area contributed by atoms with Crippen LogP contribution in [0.5, 0.6) is 5.75 Å². The van der Waals surface area contributed by atoms with Crippen LogP contribution in [-0.4, -0.2) is 54.7 Å². The Morgan fingerprint density at radius 3 is 2.41 bits per heavy atom. The highest BCUT2D eigenvalue weighted by Crippen LogP contribution is 2.29. The summed E-state index contributed by atoms with van der Waals surface area (Å²) >= 11 is 3.72. The monoisotopic (exact) mass is 465 g/mol. The van der Waals surface area contributed by atoms with Crippen LogP contribution >= 0.6 is 15.9 Å². The summed E-state index contributed by atoms with van der Waals surface area (Å²) in [6.07, 6.45) is 7.30. The third kappa shape index (κ3) is 6.88. The Labute approximate surface area is 184 Å². The molecule has 6 heteroatoms. The van der Waals surface area contributed by atoms with Crippen LogP contribution in [0.25, 0.3) is 0 Å². The number of urea groups is 1. The van der Waals surface area contributed by atoms with Gasteiger partial charge in [0.1, 0.15) is 5.75 Å². The predicted octanol–water partition coefficient (Wildman–Crippen LogP) is 4.67. The van der Waals surface area contributed by atoms with Crippen molar-refractivity contribution < 1.29 is 9.53 Å². The molecule has 2 heterocycles. The molecule has 5 nitrogen and oxygen atoms in total. The van der Waals surface area contributed by atoms with Gasteiger partial charge in [0.05, 0.1) is 6.10 Å². The van der Waals surface area contributed by atoms with Gasteiger partial charge in [-0.25, -0.2) is 4.79 Å². The Balaban J connectivity index is 1.39. The van der Waals surface area contributed by atoms with Crippen LogP contribution in [0.2, 0.25) is 0 Å². The molecule has 0 aliphatic carbocycles. The summed E-state index contributed by atoms with van der Waals surface area (Å²) in [6, 6.07) is 6.10. The second kappa shape index (κ2) is 10.7. The summed E-state index contributed by atoms with van der Waals surface area (Å²) in [6.45, 7) is 9.38. The Morgan fingerprint density at radius 1 is 1.14 bits per heavy atom. The highest BCUT2D eigenvalue weighted by Gasteiger charge is 2.24. The summed E-state index contributed by atoms with van der Waals surface area (Å²) in [5.74, 6) is 2.46. The second-order valence-corrected chi connectivity index (χ2v) is 9.82. The van der Waals surface area contributed by atoms with Crippen molar-refractivity contribution in [1.82, 2.24) is 9.80 Å². The molecule has 29 heavy (non-hydrogen) atoms. The van der Waals surface area contributed by atoms with Crippen molar-refractivity contribution in [2.24, 2.45) is 17.6 Å². The van der Waals surface area contributed by atoms with Crippen LogP contribution in [-0.2, 0) is 6.42 Å². The first kappa shape index (κ1) is 22.4. The minimum absolute atomic E-state index is 0.204. The highest BCUT2D eigenvalue weighted by molar-refractivity contribution is 9.10. The average molecular weight is 466 g/mol. The van der Waals surface area contributed by atoms with Gasteiger partial charge in [-0.05, 0) is 108 Å². The van der Waals surface area contributed by atoms with E-state index in [9.17, 15) is 4.79 Å². The van der Waals surface area contributed by atoms with Gasteiger partial charge < -0.3 is 20.3 Å². The van der Waals surface area contributed by atoms with Gasteiger partial charge in [-0.3, -0.25) is 0 Å². The van der Waals surface area contributed by atoms with Crippen LogP contribution in [0.4, 0.5) is 4.79 Å². The third-order valence-corrected chi connectivity index (χ3v) is 7.16. The first-order valence-corrected chi connectivity index (χ1v) is 11.9. The first-order valence-electron chi connectivity index (χ1n) is 11.1. The number of ether oxygens (including phenoxy) is 1. The number of nitrogens with zero attached hydrogens (tertiary/aromatic N) is 2. The van der Waals surface area contributed by atoms with E-state index in [0.29, 0.717) is 0 Å². The van der Waals surface area contributed by atoms with Crippen LogP contribution in [0, 0.1) is 11.8 Å². The molecule has 2 fully saturated rings. The van der Waals surface area contributed by atoms with Crippen LogP contribution in [0.1, 0.15) is 51.5 Å². The number of carbonyl (C=O) groups is 1. The zero-order chi connectivity index (χ0) is 20.8. The number of nitrogens with two attached hydrogens (primary N) is 1. The lowest BCUT2D eigenvalue weighted by Crippen LogP contribution is -2.42. The molecule has 0 spiro atoms. The molecule has 0 bridgehead atoms. The van der Waals surface area contributed by atoms with Crippen molar-refractivity contribution in [3.8, 4) is 5.75 Å². The molecule has 0 atom stereocenters. The Hall–Kier alpha value is -1.27. The molecule has 2 saturated heterocycles. The summed E-state index contributed by atoms with van der Waals surface area (Å²) in [4.78, 5) is 15.7. The number of amides is 2. The molecule has 0 aromatic heterocycles. The molecule has 2 aliphatic heterocycles. The Morgan fingerprint density at radius 2 is 1.79 bits per heavy atom. The normalized spacial score (nSPS) is 19.7. The maximum Gasteiger partial charge on any atom is 0.314 e. The molecule has 2 aliphatic rings. The summed E-state index contributed by atoms with van der Waals surface area (Å²) < 4.78 is 7.06. The molecule has 1 aromatic carbocycles. The molecular formula is C23H36BrN3O2. The average Bonchev–Trinajstić information content (AvgIpc) is 2.70. The van der Waals surface area contributed by atoms with E-state index in [0.717, 1.165) is 49.9 Å². The van der Waals surface area contributed by atoms with Gasteiger partial charge in [-0.1, -0.05) is 15.9 Å². The highest BCUT2D eigenvalue weighted by atomic mass is 79.9. The molecular weight excluding hydrogens is 430 g/mol. The smallest absolute Gasteiger partial charge is 0.314 e. The number of hydrogen-bond donors (Lipinski definition) is 1. The van der Waals surface area contributed by atoms with Crippen molar-refractivity contribution >= 4 is 22.0 Å². The second-order valence-electron chi connectivity index (χ2n) is 8.97. The zero-order valence-electron chi connectivity index (χ0n) is 17.9. The van der Waals surface area contributed by atoms with Gasteiger partial charge in [-0.15, -0.1) is 0 Å². The molecule has 3 rings (SSSR count). The van der Waals surface area contributed by atoms with Crippen molar-refractivity contribution in [2.75, 3.05) is 32.7 Å². The maximum absolute atomic E-state index is 11.2. The quantitative estimate of drug-likeness (QED) is 0.635. The number of hydrogen-bond acceptors (Lipinski definition) is 3. The standard InChI is InChI=1S/C23H36BrN3O2/c1-17(2)29-21-3-4-22(24)20(16-21)15-19-6-11-26(12-7-19)10-5-18-8-13-27(14-9-18)23(25)28/h3-4,16-19H,5-15H2,1-2H3,(H2,25,28). The molecule has 2 amide bonds. The third-order valence-electron chi connectivity index (χ3n) is 6.38. The van der Waals surface area contributed by atoms with Gasteiger partial charge in [0.2, 0.25) is 0 Å². The van der Waals surface area contributed by atoms with Crippen molar-refractivity contribution in [2.45, 2.75) is 58.5 Å². The minimum Gasteiger partial charge on any atom is -0.491 e. The van der Waals surface area contributed by atoms with E-state index in [2.05, 4.69) is 46.8 Å². The van der Waals surface area contributed by atoms with Crippen molar-refractivity contribution in [1.29, 1.82) is 0 Å². The van der Waals surface area contributed by atoms with Gasteiger partial charge in [0.25, 0.3) is 0 Å². The topological polar surface area (TPSA) is 58.8 Å². The number of rotatable bonds is 7. The van der Waals surface area contributed by atoms with Gasteiger partial charge in [0, 0.05) is 17.6 Å². The largest absolute Gasteiger partial charge is 0.491 e. The van der Waals surface area contributed by atoms with E-state index >= 15 is 0 Å². The number of carbonyl (C=O) groups excluding carboxylic acids is 1. The van der Waals surface area contributed by atoms with Gasteiger partial charge in [-0.2, -0.15) is 0 Å². The van der Waals surface area contributed by atoms with E-state index in [-0.39, 0.29) is 12.1 Å². The SMILES string of the molecule is CC(C)Oc1ccc(Br)c(CC2CCN(CCC3CCN(C(N)=O)CC3)CC2)c1. The molecule has 0 radical (unpaired) electrons. The predicted molar refractivity (Wildman–Crippen MR) is 121 cm³/mol. The fourth-order valence-electron chi connectivity index (χ4n) is 4.59. The Kier molecular flexibility index (Phi) is 8.25. The van der Waals surface area contributed by atoms with Crippen LogP contribution in [0.3, 0.4) is 0 Å². The van der Waals surface area contributed by atoms with Crippen molar-refractivity contribution in [3.05, 3.63) is 28.2 Å². The fraction of sp³-hybridized carbons (Fsp3) is 0.696. The number of primary amides is 1. The van der Waals surface area contributed by atoms with E-state index < -0.39 is 0 Å². The molecule has 0 unspecified atom stereocenters. The number of halogens is 1. The lowest BCUT2D eigenvalue weighted by Gasteiger charge is -2.35. The van der Waals surface area contributed by atoms with E-state index in [1.165, 1.54) is 48.9 Å². The van der Waals surface area contributed by atoms with Gasteiger partial charge in [0.15, 0.2) is 0 Å². The first-order chi connectivity index (χ1) is 13.9. The Bertz CT molecular complexity index is 666. The molecule has 1 aromatic rings. The molecule has 0 saturated carbocycles. The molecule has 2 N–H and O–H groups in total. The maximum atomic E-state index is 11.2. The van der Waals surface area contributed by atoms with Gasteiger partial charge >= 0.3 is 6.03 Å². The number of likely N-dealkylation sites (tertiary alicyclic amines) is 2. The van der Waals surface area contributed by atoms with E-state index in [1.807, 2.05) is 6.07 Å². The minimum atomic E-state index is -0.265. The lowest BCUT2D eigenvalue weighted by atomic mass is 9.89. The summed E-state index contributed by atoms with van der Waals surface area (Å²) in [7, 11) is 0. The number of piperidine rings is 2. The van der Waals surface area contributed by atoms with E-state index in [1.54, 1.807) is 4.90 Å². The van der Waals surface area contributed by atoms with Crippen LogP contribution in [0.15, 0.2) is 22.7 Å². The summed E-state index contributed by atoms with van der Waals surface area (Å²) in [5.41, 5.74) is 6.74. The van der Waals surface area contributed by atoms with Crippen LogP contribution < -0.4 is 10.5 Å². The zero-order valence-corrected chi connectivity index (χ0v) is 19.5. The summed E-state index contributed by atoms with van der Waals surface area (Å²) in [5, 5.41) is 0. The van der Waals surface area contributed by atoms with Crippen molar-refractivity contribution in [3.63, 3.8) is 0 Å². The number of benzene rings is 1. The lowest BCUT2D eigenvalue weighted by molar-refractivity contribution is 0.149. The fourth-order valence-corrected chi connectivity index (χ4v) is 4.99. The molecule has 162 valence electrons.